The molecule has 1 fully saturated rings. The number of piperidine rings is 1. The van der Waals surface area contributed by atoms with Crippen molar-refractivity contribution < 1.29 is 4.21 Å². The van der Waals surface area contributed by atoms with E-state index in [-0.39, 0.29) is 18.4 Å². The lowest BCUT2D eigenvalue weighted by Crippen LogP contribution is -2.41. The van der Waals surface area contributed by atoms with Crippen LogP contribution in [0.4, 0.5) is 0 Å². The summed E-state index contributed by atoms with van der Waals surface area (Å²) in [5.41, 5.74) is 5.66. The zero-order valence-electron chi connectivity index (χ0n) is 7.16. The predicted octanol–water partition coefficient (Wildman–Crippen LogP) is 0.423. The average molecular weight is 214 g/mol. The minimum absolute atomic E-state index is 0. The van der Waals surface area contributed by atoms with Gasteiger partial charge in [-0.3, -0.25) is 0 Å². The van der Waals surface area contributed by atoms with E-state index in [0.717, 1.165) is 12.8 Å². The summed E-state index contributed by atoms with van der Waals surface area (Å²) in [4.78, 5) is 0. The molecule has 1 aliphatic heterocycles. The molecule has 1 unspecified atom stereocenters. The van der Waals surface area contributed by atoms with Gasteiger partial charge >= 0.3 is 0 Å². The minimum atomic E-state index is -2.47. The van der Waals surface area contributed by atoms with Gasteiger partial charge in [-0.05, 0) is 12.8 Å². The zero-order chi connectivity index (χ0) is 8.48. The fraction of sp³-hybridized carbons (Fsp3) is 1.00. The van der Waals surface area contributed by atoms with Gasteiger partial charge in [-0.25, -0.2) is 13.3 Å². The highest BCUT2D eigenvalue weighted by atomic mass is 35.5. The van der Waals surface area contributed by atoms with Crippen molar-refractivity contribution >= 4 is 22.3 Å². The van der Waals surface area contributed by atoms with Gasteiger partial charge in [0.2, 0.25) is 0 Å². The second-order valence-corrected chi connectivity index (χ2v) is 5.19. The zero-order valence-corrected chi connectivity index (χ0v) is 8.79. The molecule has 6 heteroatoms. The Bertz CT molecular complexity index is 221. The van der Waals surface area contributed by atoms with Crippen LogP contribution in [0.3, 0.4) is 0 Å². The van der Waals surface area contributed by atoms with E-state index in [9.17, 15) is 4.21 Å². The fourth-order valence-electron chi connectivity index (χ4n) is 1.22. The number of halogens is 1. The first-order valence-electron chi connectivity index (χ1n) is 3.74. The number of nitrogens with one attached hydrogen (secondary N) is 1. The summed E-state index contributed by atoms with van der Waals surface area (Å²) < 4.78 is 20.2. The second-order valence-electron chi connectivity index (χ2n) is 3.07. The molecule has 4 nitrogen and oxygen atoms in total. The summed E-state index contributed by atoms with van der Waals surface area (Å²) in [6.07, 6.45) is 3.19. The molecule has 1 saturated heterocycles. The largest absolute Gasteiger partial charge is 0.328 e. The maximum atomic E-state index is 11.2. The summed E-state index contributed by atoms with van der Waals surface area (Å²) >= 11 is 0. The van der Waals surface area contributed by atoms with Gasteiger partial charge in [0.15, 0.2) is 0 Å². The standard InChI is InChI=1S/C6H15N3OS.ClH/c1-11(8,10)9-4-2-6(7)3-5-9;/h6,8H,2-5,7H2,1H3;1H. The van der Waals surface area contributed by atoms with Gasteiger partial charge in [-0.15, -0.1) is 12.4 Å². The van der Waals surface area contributed by atoms with E-state index in [0.29, 0.717) is 13.1 Å². The summed E-state index contributed by atoms with van der Waals surface area (Å²) in [5.74, 6) is 0. The highest BCUT2D eigenvalue weighted by Crippen LogP contribution is 2.11. The van der Waals surface area contributed by atoms with Crippen LogP contribution in [0.2, 0.25) is 0 Å². The van der Waals surface area contributed by atoms with Crippen LogP contribution in [-0.2, 0) is 9.92 Å². The quantitative estimate of drug-likeness (QED) is 0.663. The molecule has 0 saturated carbocycles. The molecule has 0 amide bonds. The third-order valence-corrected chi connectivity index (χ3v) is 3.34. The minimum Gasteiger partial charge on any atom is -0.328 e. The summed E-state index contributed by atoms with van der Waals surface area (Å²) in [5, 5.41) is 0. The summed E-state index contributed by atoms with van der Waals surface area (Å²) in [6.45, 7) is 1.42. The molecule has 0 radical (unpaired) electrons. The van der Waals surface area contributed by atoms with Gasteiger partial charge in [0, 0.05) is 25.4 Å². The third-order valence-electron chi connectivity index (χ3n) is 1.99. The number of nitrogens with zero attached hydrogens (tertiary/aromatic N) is 1. The SMILES string of the molecule is CS(=N)(=O)N1CCC(N)CC1.Cl. The molecule has 0 aliphatic carbocycles. The average Bonchev–Trinajstić information content (AvgIpc) is 1.86. The fourth-order valence-corrected chi connectivity index (χ4v) is 2.13. The van der Waals surface area contributed by atoms with Gasteiger partial charge in [0.25, 0.3) is 0 Å². The van der Waals surface area contributed by atoms with Crippen molar-refractivity contribution in [1.29, 1.82) is 4.78 Å². The molecular formula is C6H16ClN3OS. The van der Waals surface area contributed by atoms with E-state index in [1.54, 1.807) is 4.31 Å². The van der Waals surface area contributed by atoms with Crippen LogP contribution < -0.4 is 5.73 Å². The number of nitrogens with two attached hydrogens (primary N) is 1. The van der Waals surface area contributed by atoms with E-state index in [2.05, 4.69) is 0 Å². The Morgan fingerprint density at radius 1 is 1.50 bits per heavy atom. The molecule has 74 valence electrons. The van der Waals surface area contributed by atoms with Crippen LogP contribution in [0.15, 0.2) is 0 Å². The number of hydrogen-bond donors (Lipinski definition) is 2. The molecule has 1 atom stereocenters. The van der Waals surface area contributed by atoms with E-state index >= 15 is 0 Å². The summed E-state index contributed by atoms with van der Waals surface area (Å²) in [7, 11) is -2.47. The first-order valence-corrected chi connectivity index (χ1v) is 5.67. The van der Waals surface area contributed by atoms with Crippen molar-refractivity contribution in [2.75, 3.05) is 19.3 Å². The Hall–Kier alpha value is 0.160. The molecule has 0 aromatic carbocycles. The van der Waals surface area contributed by atoms with Gasteiger partial charge in [-0.1, -0.05) is 0 Å². The van der Waals surface area contributed by atoms with Crippen LogP contribution in [0, 0.1) is 4.78 Å². The first kappa shape index (κ1) is 12.2. The van der Waals surface area contributed by atoms with Crippen molar-refractivity contribution in [1.82, 2.24) is 4.31 Å². The molecule has 1 aliphatic rings. The van der Waals surface area contributed by atoms with Gasteiger partial charge in [0.05, 0.1) is 0 Å². The maximum Gasteiger partial charge on any atom is 0.104 e. The molecule has 1 heterocycles. The summed E-state index contributed by atoms with van der Waals surface area (Å²) in [6, 6.07) is 0.244. The van der Waals surface area contributed by atoms with Crippen LogP contribution in [0.25, 0.3) is 0 Å². The molecule has 0 bridgehead atoms. The van der Waals surface area contributed by atoms with E-state index in [1.165, 1.54) is 6.26 Å². The highest BCUT2D eigenvalue weighted by molar-refractivity contribution is 7.89. The number of hydrogen-bond acceptors (Lipinski definition) is 3. The first-order chi connectivity index (χ1) is 5.00. The monoisotopic (exact) mass is 213 g/mol. The van der Waals surface area contributed by atoms with E-state index < -0.39 is 9.92 Å². The highest BCUT2D eigenvalue weighted by Gasteiger charge is 2.20. The topological polar surface area (TPSA) is 70.2 Å². The maximum absolute atomic E-state index is 11.2. The Morgan fingerprint density at radius 2 is 1.92 bits per heavy atom. The lowest BCUT2D eigenvalue weighted by Gasteiger charge is -2.29. The van der Waals surface area contributed by atoms with Crippen LogP contribution in [0.5, 0.6) is 0 Å². The van der Waals surface area contributed by atoms with Gasteiger partial charge < -0.3 is 5.73 Å². The van der Waals surface area contributed by atoms with Crippen molar-refractivity contribution in [2.45, 2.75) is 18.9 Å². The van der Waals surface area contributed by atoms with E-state index in [1.807, 2.05) is 0 Å². The predicted molar refractivity (Wildman–Crippen MR) is 52.8 cm³/mol. The van der Waals surface area contributed by atoms with Gasteiger partial charge in [0.1, 0.15) is 9.92 Å². The van der Waals surface area contributed by atoms with Crippen LogP contribution >= 0.6 is 12.4 Å². The Kier molecular flexibility index (Phi) is 4.47. The normalized spacial score (nSPS) is 25.8. The van der Waals surface area contributed by atoms with E-state index in [4.69, 9.17) is 10.5 Å². The van der Waals surface area contributed by atoms with Crippen molar-refractivity contribution in [3.05, 3.63) is 0 Å². The van der Waals surface area contributed by atoms with Crippen molar-refractivity contribution in [2.24, 2.45) is 5.73 Å². The Morgan fingerprint density at radius 3 is 2.25 bits per heavy atom. The molecular weight excluding hydrogens is 198 g/mol. The van der Waals surface area contributed by atoms with Crippen LogP contribution in [-0.4, -0.2) is 33.9 Å². The molecule has 3 N–H and O–H groups in total. The van der Waals surface area contributed by atoms with Gasteiger partial charge in [-0.2, -0.15) is 0 Å². The lowest BCUT2D eigenvalue weighted by molar-refractivity contribution is 0.332. The van der Waals surface area contributed by atoms with Crippen LogP contribution in [0.1, 0.15) is 12.8 Å². The molecule has 0 aromatic rings. The molecule has 12 heavy (non-hydrogen) atoms. The Labute approximate surface area is 80.0 Å². The number of rotatable bonds is 1. The molecule has 0 spiro atoms. The second kappa shape index (κ2) is 4.41. The van der Waals surface area contributed by atoms with Crippen molar-refractivity contribution in [3.63, 3.8) is 0 Å². The molecule has 1 rings (SSSR count). The van der Waals surface area contributed by atoms with Crippen molar-refractivity contribution in [3.8, 4) is 0 Å². The Balaban J connectivity index is 0.00000121. The third kappa shape index (κ3) is 3.26. The smallest absolute Gasteiger partial charge is 0.104 e. The molecule has 0 aromatic heterocycles. The lowest BCUT2D eigenvalue weighted by atomic mass is 10.1.